The first-order valence-electron chi connectivity index (χ1n) is 8.46. The zero-order valence-electron chi connectivity index (χ0n) is 14.1. The molecule has 0 unspecified atom stereocenters. The molecule has 126 valence electrons. The molecule has 2 amide bonds. The lowest BCUT2D eigenvalue weighted by Gasteiger charge is -2.29. The maximum Gasteiger partial charge on any atom is 0.322 e. The first kappa shape index (κ1) is 16.5. The first-order valence-corrected chi connectivity index (χ1v) is 8.46. The number of nitrogens with one attached hydrogen (secondary N) is 1. The van der Waals surface area contributed by atoms with Crippen LogP contribution < -0.4 is 5.32 Å². The second-order valence-corrected chi connectivity index (χ2v) is 6.28. The number of carbonyl (C=O) groups excluding carboxylic acids is 1. The van der Waals surface area contributed by atoms with Gasteiger partial charge >= 0.3 is 6.03 Å². The summed E-state index contributed by atoms with van der Waals surface area (Å²) in [5, 5.41) is 2.96. The van der Waals surface area contributed by atoms with Crippen LogP contribution in [0.4, 0.5) is 10.5 Å². The van der Waals surface area contributed by atoms with E-state index in [0.717, 1.165) is 38.3 Å². The smallest absolute Gasteiger partial charge is 0.320 e. The van der Waals surface area contributed by atoms with Gasteiger partial charge in [-0.25, -0.2) is 4.79 Å². The summed E-state index contributed by atoms with van der Waals surface area (Å²) in [7, 11) is 0. The third-order valence-electron chi connectivity index (χ3n) is 4.37. The van der Waals surface area contributed by atoms with Crippen molar-refractivity contribution >= 4 is 11.7 Å². The Hall–Kier alpha value is -2.40. The lowest BCUT2D eigenvalue weighted by atomic mass is 10.2. The van der Waals surface area contributed by atoms with Gasteiger partial charge in [0.1, 0.15) is 0 Å². The molecular formula is C19H24N4O. The van der Waals surface area contributed by atoms with Gasteiger partial charge in [-0.2, -0.15) is 0 Å². The van der Waals surface area contributed by atoms with E-state index in [-0.39, 0.29) is 12.1 Å². The highest BCUT2D eigenvalue weighted by Crippen LogP contribution is 2.15. The summed E-state index contributed by atoms with van der Waals surface area (Å²) in [6.07, 6.45) is 4.35. The Bertz CT molecular complexity index is 647. The average molecular weight is 324 g/mol. The van der Waals surface area contributed by atoms with Crippen molar-refractivity contribution in [1.29, 1.82) is 0 Å². The van der Waals surface area contributed by atoms with Crippen LogP contribution in [0.2, 0.25) is 0 Å². The van der Waals surface area contributed by atoms with Gasteiger partial charge in [0.25, 0.3) is 0 Å². The molecule has 1 saturated heterocycles. The Morgan fingerprint density at radius 3 is 2.67 bits per heavy atom. The van der Waals surface area contributed by atoms with Gasteiger partial charge in [-0.3, -0.25) is 9.88 Å². The lowest BCUT2D eigenvalue weighted by Crippen LogP contribution is -2.44. The maximum atomic E-state index is 12.6. The molecule has 1 aromatic carbocycles. The standard InChI is InChI=1S/C19H24N4O/c1-16-14-22(15-17-6-3-2-4-7-17)12-5-13-23(16)19(24)21-18-8-10-20-11-9-18/h2-4,6-11,16H,5,12-15H2,1H3,(H,20,21,24)/t16-/m0/s1. The molecule has 2 aromatic rings. The predicted molar refractivity (Wildman–Crippen MR) is 95.8 cm³/mol. The number of urea groups is 1. The molecule has 0 spiro atoms. The molecule has 1 fully saturated rings. The highest BCUT2D eigenvalue weighted by atomic mass is 16.2. The molecule has 0 bridgehead atoms. The summed E-state index contributed by atoms with van der Waals surface area (Å²) in [4.78, 5) is 20.9. The van der Waals surface area contributed by atoms with Crippen LogP contribution in [0.3, 0.4) is 0 Å². The van der Waals surface area contributed by atoms with Gasteiger partial charge < -0.3 is 10.2 Å². The lowest BCUT2D eigenvalue weighted by molar-refractivity contribution is 0.184. The third kappa shape index (κ3) is 4.32. The van der Waals surface area contributed by atoms with Crippen LogP contribution in [-0.4, -0.2) is 46.5 Å². The van der Waals surface area contributed by atoms with Crippen molar-refractivity contribution in [2.45, 2.75) is 25.9 Å². The summed E-state index contributed by atoms with van der Waals surface area (Å²) in [5.41, 5.74) is 2.10. The van der Waals surface area contributed by atoms with Crippen molar-refractivity contribution in [2.24, 2.45) is 0 Å². The van der Waals surface area contributed by atoms with Crippen LogP contribution >= 0.6 is 0 Å². The fourth-order valence-electron chi connectivity index (χ4n) is 3.17. The Balaban J connectivity index is 1.60. The van der Waals surface area contributed by atoms with E-state index in [4.69, 9.17) is 0 Å². The number of pyridine rings is 1. The number of hydrogen-bond donors (Lipinski definition) is 1. The van der Waals surface area contributed by atoms with E-state index in [1.54, 1.807) is 12.4 Å². The van der Waals surface area contributed by atoms with E-state index in [9.17, 15) is 4.79 Å². The molecule has 5 heteroatoms. The number of hydrogen-bond acceptors (Lipinski definition) is 3. The van der Waals surface area contributed by atoms with E-state index < -0.39 is 0 Å². The zero-order valence-corrected chi connectivity index (χ0v) is 14.1. The summed E-state index contributed by atoms with van der Waals surface area (Å²) in [5.74, 6) is 0. The van der Waals surface area contributed by atoms with Crippen molar-refractivity contribution in [2.75, 3.05) is 25.0 Å². The molecule has 0 radical (unpaired) electrons. The number of nitrogens with zero attached hydrogens (tertiary/aromatic N) is 3. The molecule has 2 heterocycles. The zero-order chi connectivity index (χ0) is 16.8. The number of benzene rings is 1. The topological polar surface area (TPSA) is 48.5 Å². The number of anilines is 1. The van der Waals surface area contributed by atoms with Crippen molar-refractivity contribution < 1.29 is 4.79 Å². The molecule has 1 aliphatic heterocycles. The second kappa shape index (κ2) is 7.93. The first-order chi connectivity index (χ1) is 11.7. The molecule has 1 atom stereocenters. The van der Waals surface area contributed by atoms with Crippen LogP contribution in [0.25, 0.3) is 0 Å². The highest BCUT2D eigenvalue weighted by molar-refractivity contribution is 5.89. The van der Waals surface area contributed by atoms with E-state index in [1.807, 2.05) is 23.1 Å². The molecule has 1 aromatic heterocycles. The predicted octanol–water partition coefficient (Wildman–Crippen LogP) is 3.21. The van der Waals surface area contributed by atoms with Gasteiger partial charge in [-0.15, -0.1) is 0 Å². The van der Waals surface area contributed by atoms with Gasteiger partial charge in [-0.05, 0) is 31.0 Å². The molecule has 24 heavy (non-hydrogen) atoms. The molecular weight excluding hydrogens is 300 g/mol. The summed E-state index contributed by atoms with van der Waals surface area (Å²) >= 11 is 0. The van der Waals surface area contributed by atoms with E-state index in [0.29, 0.717) is 0 Å². The highest BCUT2D eigenvalue weighted by Gasteiger charge is 2.25. The number of rotatable bonds is 3. The van der Waals surface area contributed by atoms with Crippen molar-refractivity contribution in [3.05, 3.63) is 60.4 Å². The van der Waals surface area contributed by atoms with Crippen LogP contribution in [0.5, 0.6) is 0 Å². The van der Waals surface area contributed by atoms with E-state index in [2.05, 4.69) is 46.4 Å². The van der Waals surface area contributed by atoms with Gasteiger partial charge in [0, 0.05) is 50.3 Å². The fraction of sp³-hybridized carbons (Fsp3) is 0.368. The van der Waals surface area contributed by atoms with Gasteiger partial charge in [0.2, 0.25) is 0 Å². The normalized spacial score (nSPS) is 18.9. The molecule has 1 N–H and O–H groups in total. The SMILES string of the molecule is C[C@H]1CN(Cc2ccccc2)CCCN1C(=O)Nc1ccncc1. The molecule has 3 rings (SSSR count). The molecule has 5 nitrogen and oxygen atoms in total. The molecule has 1 aliphatic rings. The van der Waals surface area contributed by atoms with Crippen molar-refractivity contribution in [3.63, 3.8) is 0 Å². The molecule has 0 aliphatic carbocycles. The van der Waals surface area contributed by atoms with Gasteiger partial charge in [0.05, 0.1) is 0 Å². The minimum Gasteiger partial charge on any atom is -0.320 e. The number of carbonyl (C=O) groups is 1. The third-order valence-corrected chi connectivity index (χ3v) is 4.37. The second-order valence-electron chi connectivity index (χ2n) is 6.28. The van der Waals surface area contributed by atoms with Crippen molar-refractivity contribution in [3.8, 4) is 0 Å². The molecule has 0 saturated carbocycles. The van der Waals surface area contributed by atoms with Crippen LogP contribution in [-0.2, 0) is 6.54 Å². The monoisotopic (exact) mass is 324 g/mol. The Labute approximate surface area is 143 Å². The van der Waals surface area contributed by atoms with Crippen LogP contribution in [0.1, 0.15) is 18.9 Å². The summed E-state index contributed by atoms with van der Waals surface area (Å²) in [6.45, 7) is 5.74. The summed E-state index contributed by atoms with van der Waals surface area (Å²) < 4.78 is 0. The average Bonchev–Trinajstić information content (AvgIpc) is 2.78. The van der Waals surface area contributed by atoms with E-state index in [1.165, 1.54) is 5.56 Å². The van der Waals surface area contributed by atoms with Crippen LogP contribution in [0.15, 0.2) is 54.9 Å². The van der Waals surface area contributed by atoms with Crippen LogP contribution in [0, 0.1) is 0 Å². The Kier molecular flexibility index (Phi) is 5.43. The minimum absolute atomic E-state index is 0.0322. The minimum atomic E-state index is -0.0322. The Morgan fingerprint density at radius 2 is 1.92 bits per heavy atom. The summed E-state index contributed by atoms with van der Waals surface area (Å²) in [6, 6.07) is 14.3. The number of amides is 2. The maximum absolute atomic E-state index is 12.6. The van der Waals surface area contributed by atoms with Gasteiger partial charge in [0.15, 0.2) is 0 Å². The van der Waals surface area contributed by atoms with Crippen molar-refractivity contribution in [1.82, 2.24) is 14.8 Å². The quantitative estimate of drug-likeness (QED) is 0.943. The fourth-order valence-corrected chi connectivity index (χ4v) is 3.17. The number of aromatic nitrogens is 1. The largest absolute Gasteiger partial charge is 0.322 e. The van der Waals surface area contributed by atoms with Gasteiger partial charge in [-0.1, -0.05) is 30.3 Å². The van der Waals surface area contributed by atoms with E-state index >= 15 is 0 Å². The Morgan fingerprint density at radius 1 is 1.17 bits per heavy atom.